The smallest absolute Gasteiger partial charge is 0.251 e. The average Bonchev–Trinajstić information content (AvgIpc) is 3.42. The Morgan fingerprint density at radius 1 is 1.04 bits per heavy atom. The summed E-state index contributed by atoms with van der Waals surface area (Å²) in [5.74, 6) is 0. The zero-order valence-electron chi connectivity index (χ0n) is 14.0. The van der Waals surface area contributed by atoms with E-state index in [4.69, 9.17) is 11.6 Å². The van der Waals surface area contributed by atoms with Crippen LogP contribution >= 0.6 is 11.6 Å². The number of fused-ring (bicyclic) bond motifs is 1. The molecule has 1 aromatic carbocycles. The van der Waals surface area contributed by atoms with Gasteiger partial charge >= 0.3 is 0 Å². The molecule has 1 aliphatic rings. The number of halogens is 1. The Morgan fingerprint density at radius 2 is 1.85 bits per heavy atom. The molecular weight excluding hydrogens is 346 g/mol. The van der Waals surface area contributed by atoms with E-state index in [0.717, 1.165) is 40.7 Å². The number of benzene rings is 1. The van der Waals surface area contributed by atoms with Gasteiger partial charge in [0.15, 0.2) is 0 Å². The number of aromatic nitrogens is 3. The molecule has 3 heterocycles. The Hall–Kier alpha value is -2.85. The molecule has 26 heavy (non-hydrogen) atoms. The summed E-state index contributed by atoms with van der Waals surface area (Å²) in [7, 11) is 0. The highest BCUT2D eigenvalue weighted by Crippen LogP contribution is 2.35. The Balaban J connectivity index is 1.75. The quantitative estimate of drug-likeness (QED) is 0.523. The van der Waals surface area contributed by atoms with E-state index < -0.39 is 0 Å². The fourth-order valence-electron chi connectivity index (χ4n) is 3.43. The van der Waals surface area contributed by atoms with Gasteiger partial charge in [-0.05, 0) is 55.3 Å². The first kappa shape index (κ1) is 15.4. The van der Waals surface area contributed by atoms with Gasteiger partial charge in [-0.1, -0.05) is 11.6 Å². The Kier molecular flexibility index (Phi) is 3.47. The lowest BCUT2D eigenvalue weighted by Gasteiger charge is -2.12. The molecule has 5 heteroatoms. The van der Waals surface area contributed by atoms with Gasteiger partial charge in [-0.3, -0.25) is 9.78 Å². The molecule has 1 fully saturated rings. The summed E-state index contributed by atoms with van der Waals surface area (Å²) in [6.07, 6.45) is 7.73. The maximum absolute atomic E-state index is 12.5. The van der Waals surface area contributed by atoms with Crippen molar-refractivity contribution in [1.82, 2.24) is 14.1 Å². The van der Waals surface area contributed by atoms with Crippen LogP contribution in [0.4, 0.5) is 0 Å². The van der Waals surface area contributed by atoms with Gasteiger partial charge in [-0.2, -0.15) is 0 Å². The molecule has 0 spiro atoms. The van der Waals surface area contributed by atoms with Crippen LogP contribution < -0.4 is 5.56 Å². The third-order valence-electron chi connectivity index (χ3n) is 4.88. The maximum atomic E-state index is 12.5. The molecule has 0 bridgehead atoms. The highest BCUT2D eigenvalue weighted by Gasteiger charge is 2.24. The first-order valence-electron chi connectivity index (χ1n) is 8.65. The number of hydrogen-bond donors (Lipinski definition) is 0. The summed E-state index contributed by atoms with van der Waals surface area (Å²) in [6, 6.07) is 15.9. The van der Waals surface area contributed by atoms with E-state index >= 15 is 0 Å². The zero-order chi connectivity index (χ0) is 17.7. The minimum atomic E-state index is 0.0519. The van der Waals surface area contributed by atoms with E-state index in [0.29, 0.717) is 11.1 Å². The van der Waals surface area contributed by atoms with Crippen LogP contribution in [0.25, 0.3) is 27.8 Å². The van der Waals surface area contributed by atoms with Crippen LogP contribution in [0.3, 0.4) is 0 Å². The third kappa shape index (κ3) is 2.54. The average molecular weight is 362 g/mol. The molecule has 0 radical (unpaired) electrons. The molecule has 4 aromatic rings. The number of pyridine rings is 2. The predicted octanol–water partition coefficient (Wildman–Crippen LogP) is 4.84. The van der Waals surface area contributed by atoms with E-state index in [1.165, 1.54) is 0 Å². The van der Waals surface area contributed by atoms with E-state index in [1.807, 2.05) is 53.4 Å². The van der Waals surface area contributed by atoms with Crippen LogP contribution in [0.15, 0.2) is 71.9 Å². The van der Waals surface area contributed by atoms with Crippen molar-refractivity contribution in [1.29, 1.82) is 0 Å². The molecule has 1 aliphatic carbocycles. The molecule has 1 saturated carbocycles. The van der Waals surface area contributed by atoms with E-state index in [2.05, 4.69) is 15.6 Å². The van der Waals surface area contributed by atoms with Gasteiger partial charge in [0.1, 0.15) is 0 Å². The first-order valence-corrected chi connectivity index (χ1v) is 9.02. The Morgan fingerprint density at radius 3 is 2.58 bits per heavy atom. The summed E-state index contributed by atoms with van der Waals surface area (Å²) >= 11 is 6.06. The molecule has 0 N–H and O–H groups in total. The van der Waals surface area contributed by atoms with Gasteiger partial charge in [-0.25, -0.2) is 0 Å². The predicted molar refractivity (Wildman–Crippen MR) is 104 cm³/mol. The molecule has 0 aliphatic heterocycles. The van der Waals surface area contributed by atoms with Crippen molar-refractivity contribution < 1.29 is 0 Å². The summed E-state index contributed by atoms with van der Waals surface area (Å²) in [4.78, 5) is 16.8. The van der Waals surface area contributed by atoms with Gasteiger partial charge in [-0.15, -0.1) is 0 Å². The van der Waals surface area contributed by atoms with Gasteiger partial charge in [0.25, 0.3) is 5.56 Å². The second-order valence-corrected chi connectivity index (χ2v) is 7.10. The van der Waals surface area contributed by atoms with Crippen LogP contribution in [0.5, 0.6) is 0 Å². The summed E-state index contributed by atoms with van der Waals surface area (Å²) in [5, 5.41) is 1.77. The van der Waals surface area contributed by atoms with Gasteiger partial charge in [0.05, 0.1) is 17.4 Å². The normalized spacial score (nSPS) is 14.0. The minimum absolute atomic E-state index is 0.0519. The van der Waals surface area contributed by atoms with Crippen molar-refractivity contribution >= 4 is 22.5 Å². The zero-order valence-corrected chi connectivity index (χ0v) is 14.7. The molecule has 128 valence electrons. The van der Waals surface area contributed by atoms with Crippen LogP contribution in [0, 0.1) is 0 Å². The third-order valence-corrected chi connectivity index (χ3v) is 5.13. The van der Waals surface area contributed by atoms with Crippen molar-refractivity contribution in [2.45, 2.75) is 18.9 Å². The first-order chi connectivity index (χ1) is 12.7. The minimum Gasteiger partial charge on any atom is -0.312 e. The summed E-state index contributed by atoms with van der Waals surface area (Å²) < 4.78 is 3.95. The number of hydrogen-bond acceptors (Lipinski definition) is 2. The largest absolute Gasteiger partial charge is 0.312 e. The Labute approximate surface area is 155 Å². The molecule has 0 amide bonds. The van der Waals surface area contributed by atoms with E-state index in [9.17, 15) is 4.79 Å². The molecular formula is C21H16ClN3O. The van der Waals surface area contributed by atoms with Crippen molar-refractivity contribution in [2.24, 2.45) is 0 Å². The summed E-state index contributed by atoms with van der Waals surface area (Å²) in [6.45, 7) is 0. The standard InChI is InChI=1S/C21H16ClN3O/c22-16-1-3-18(4-2-16)25-19(11-14-7-9-23-13-20(14)25)15-8-10-24(17-5-6-17)21(26)12-15/h1-4,7-13,17H,5-6H2. The lowest BCUT2D eigenvalue weighted by Crippen LogP contribution is -2.17. The van der Waals surface area contributed by atoms with E-state index in [-0.39, 0.29) is 5.56 Å². The fraction of sp³-hybridized carbons (Fsp3) is 0.143. The number of nitrogens with zero attached hydrogens (tertiary/aromatic N) is 3. The topological polar surface area (TPSA) is 39.8 Å². The molecule has 5 rings (SSSR count). The van der Waals surface area contributed by atoms with Gasteiger partial charge < -0.3 is 9.13 Å². The monoisotopic (exact) mass is 361 g/mol. The second kappa shape index (κ2) is 5.85. The van der Waals surface area contributed by atoms with Crippen molar-refractivity contribution in [3.05, 3.63) is 82.5 Å². The molecule has 3 aromatic heterocycles. The molecule has 0 saturated heterocycles. The SMILES string of the molecule is O=c1cc(-c2cc3ccncc3n2-c2ccc(Cl)cc2)ccn1C1CC1. The van der Waals surface area contributed by atoms with Gasteiger partial charge in [0, 0.05) is 46.2 Å². The molecule has 4 nitrogen and oxygen atoms in total. The fourth-order valence-corrected chi connectivity index (χ4v) is 3.56. The highest BCUT2D eigenvalue weighted by molar-refractivity contribution is 6.30. The Bertz CT molecular complexity index is 1170. The highest BCUT2D eigenvalue weighted by atomic mass is 35.5. The van der Waals surface area contributed by atoms with Crippen LogP contribution in [-0.4, -0.2) is 14.1 Å². The second-order valence-electron chi connectivity index (χ2n) is 6.67. The van der Waals surface area contributed by atoms with Crippen molar-refractivity contribution in [2.75, 3.05) is 0 Å². The van der Waals surface area contributed by atoms with Gasteiger partial charge in [0.2, 0.25) is 0 Å². The maximum Gasteiger partial charge on any atom is 0.251 e. The lowest BCUT2D eigenvalue weighted by molar-refractivity contribution is 0.707. The van der Waals surface area contributed by atoms with Crippen LogP contribution in [0.2, 0.25) is 5.02 Å². The molecule has 0 atom stereocenters. The van der Waals surface area contributed by atoms with E-state index in [1.54, 1.807) is 12.3 Å². The van der Waals surface area contributed by atoms with Crippen molar-refractivity contribution in [3.63, 3.8) is 0 Å². The molecule has 0 unspecified atom stereocenters. The van der Waals surface area contributed by atoms with Crippen molar-refractivity contribution in [3.8, 4) is 16.9 Å². The van der Waals surface area contributed by atoms with Crippen LogP contribution in [0.1, 0.15) is 18.9 Å². The van der Waals surface area contributed by atoms with Crippen LogP contribution in [-0.2, 0) is 0 Å². The number of rotatable bonds is 3. The summed E-state index contributed by atoms with van der Waals surface area (Å²) in [5.41, 5.74) is 3.90. The lowest BCUT2D eigenvalue weighted by atomic mass is 10.2.